The smallest absolute Gasteiger partial charge is 0.231 e. The van der Waals surface area contributed by atoms with Gasteiger partial charge in [0.2, 0.25) is 6.79 Å². The molecule has 2 aromatic carbocycles. The molecule has 0 fully saturated rings. The molecule has 0 amide bonds. The zero-order valence-electron chi connectivity index (χ0n) is 12.4. The van der Waals surface area contributed by atoms with E-state index >= 15 is 0 Å². The number of hydrogen-bond acceptors (Lipinski definition) is 4. The van der Waals surface area contributed by atoms with Gasteiger partial charge in [0.1, 0.15) is 0 Å². The van der Waals surface area contributed by atoms with Gasteiger partial charge in [0.25, 0.3) is 0 Å². The molecule has 0 aromatic heterocycles. The molecule has 4 nitrogen and oxygen atoms in total. The maximum absolute atomic E-state index is 14.0. The Bertz CT molecular complexity index is 660. The summed E-state index contributed by atoms with van der Waals surface area (Å²) in [7, 11) is 1.47. The van der Waals surface area contributed by atoms with Gasteiger partial charge in [-0.15, -0.1) is 0 Å². The van der Waals surface area contributed by atoms with Crippen molar-refractivity contribution in [1.29, 1.82) is 0 Å². The Hall–Kier alpha value is -2.27. The normalized spacial score (nSPS) is 12.5. The molecule has 3 rings (SSSR count). The third kappa shape index (κ3) is 3.14. The summed E-state index contributed by atoms with van der Waals surface area (Å²) in [4.78, 5) is 0. The van der Waals surface area contributed by atoms with Crippen molar-refractivity contribution in [3.05, 3.63) is 53.3 Å². The molecule has 116 valence electrons. The number of hydrogen-bond donors (Lipinski definition) is 1. The fourth-order valence-corrected chi connectivity index (χ4v) is 2.40. The molecule has 0 spiro atoms. The van der Waals surface area contributed by atoms with Crippen molar-refractivity contribution in [3.8, 4) is 17.2 Å². The molecule has 1 N–H and O–H groups in total. The van der Waals surface area contributed by atoms with E-state index < -0.39 is 0 Å². The zero-order valence-corrected chi connectivity index (χ0v) is 12.4. The molecule has 0 bridgehead atoms. The molecular weight excluding hydrogens is 285 g/mol. The van der Waals surface area contributed by atoms with Crippen LogP contribution >= 0.6 is 0 Å². The molecule has 22 heavy (non-hydrogen) atoms. The minimum atomic E-state index is -0.305. The summed E-state index contributed by atoms with van der Waals surface area (Å²) in [6.45, 7) is 1.50. The molecule has 0 radical (unpaired) electrons. The van der Waals surface area contributed by atoms with Crippen LogP contribution in [0.15, 0.2) is 36.4 Å². The van der Waals surface area contributed by atoms with Crippen molar-refractivity contribution in [2.75, 3.05) is 20.4 Å². The first-order chi connectivity index (χ1) is 10.8. The van der Waals surface area contributed by atoms with Crippen LogP contribution in [0.25, 0.3) is 0 Å². The lowest BCUT2D eigenvalue weighted by molar-refractivity contribution is 0.174. The minimum absolute atomic E-state index is 0.273. The van der Waals surface area contributed by atoms with Gasteiger partial charge >= 0.3 is 0 Å². The van der Waals surface area contributed by atoms with Crippen molar-refractivity contribution >= 4 is 0 Å². The highest BCUT2D eigenvalue weighted by Gasteiger charge is 2.13. The fraction of sp³-hybridized carbons (Fsp3) is 0.294. The van der Waals surface area contributed by atoms with Crippen molar-refractivity contribution in [3.63, 3.8) is 0 Å². The van der Waals surface area contributed by atoms with Gasteiger partial charge in [0, 0.05) is 12.1 Å². The van der Waals surface area contributed by atoms with Crippen LogP contribution in [-0.2, 0) is 13.0 Å². The van der Waals surface area contributed by atoms with Gasteiger partial charge < -0.3 is 19.5 Å². The van der Waals surface area contributed by atoms with Gasteiger partial charge in [0.15, 0.2) is 23.1 Å². The van der Waals surface area contributed by atoms with Gasteiger partial charge in [-0.1, -0.05) is 18.2 Å². The number of benzene rings is 2. The topological polar surface area (TPSA) is 39.7 Å². The Labute approximate surface area is 128 Å². The van der Waals surface area contributed by atoms with Gasteiger partial charge in [-0.25, -0.2) is 4.39 Å². The standard InChI is InChI=1S/C17H18FNO3/c1-20-15-4-2-3-13(17(15)18)10-19-8-7-12-5-6-14-16(9-12)22-11-21-14/h2-6,9,19H,7-8,10-11H2,1H3. The SMILES string of the molecule is COc1cccc(CNCCc2ccc3c(c2)OCO3)c1F. The molecule has 0 atom stereocenters. The third-order valence-corrected chi connectivity index (χ3v) is 3.61. The molecule has 0 saturated carbocycles. The van der Waals surface area contributed by atoms with Gasteiger partial charge in [-0.2, -0.15) is 0 Å². The molecule has 2 aromatic rings. The molecule has 1 aliphatic heterocycles. The Morgan fingerprint density at radius 3 is 2.91 bits per heavy atom. The van der Waals surface area contributed by atoms with E-state index in [4.69, 9.17) is 14.2 Å². The molecule has 0 aliphatic carbocycles. The van der Waals surface area contributed by atoms with Crippen molar-refractivity contribution < 1.29 is 18.6 Å². The lowest BCUT2D eigenvalue weighted by Crippen LogP contribution is -2.17. The molecule has 0 saturated heterocycles. The minimum Gasteiger partial charge on any atom is -0.494 e. The highest BCUT2D eigenvalue weighted by atomic mass is 19.1. The second kappa shape index (κ2) is 6.66. The number of ether oxygens (including phenoxy) is 3. The summed E-state index contributed by atoms with van der Waals surface area (Å²) >= 11 is 0. The first-order valence-corrected chi connectivity index (χ1v) is 7.18. The van der Waals surface area contributed by atoms with Crippen LogP contribution in [0.5, 0.6) is 17.2 Å². The second-order valence-electron chi connectivity index (χ2n) is 5.05. The number of fused-ring (bicyclic) bond motifs is 1. The van der Waals surface area contributed by atoms with Gasteiger partial charge in [-0.3, -0.25) is 0 Å². The first-order valence-electron chi connectivity index (χ1n) is 7.18. The van der Waals surface area contributed by atoms with E-state index in [0.717, 1.165) is 30.0 Å². The number of methoxy groups -OCH3 is 1. The highest BCUT2D eigenvalue weighted by Crippen LogP contribution is 2.32. The van der Waals surface area contributed by atoms with E-state index in [2.05, 4.69) is 5.32 Å². The number of halogens is 1. The van der Waals surface area contributed by atoms with Crippen LogP contribution in [0.2, 0.25) is 0 Å². The molecule has 1 heterocycles. The Morgan fingerprint density at radius 2 is 2.05 bits per heavy atom. The monoisotopic (exact) mass is 303 g/mol. The summed E-state index contributed by atoms with van der Waals surface area (Å²) < 4.78 is 29.6. The highest BCUT2D eigenvalue weighted by molar-refractivity contribution is 5.44. The third-order valence-electron chi connectivity index (χ3n) is 3.61. The predicted octanol–water partition coefficient (Wildman–Crippen LogP) is 2.90. The molecular formula is C17H18FNO3. The molecule has 5 heteroatoms. The van der Waals surface area contributed by atoms with Crippen LogP contribution in [0, 0.1) is 5.82 Å². The maximum atomic E-state index is 14.0. The van der Waals surface area contributed by atoms with Crippen molar-refractivity contribution in [2.45, 2.75) is 13.0 Å². The largest absolute Gasteiger partial charge is 0.494 e. The average molecular weight is 303 g/mol. The van der Waals surface area contributed by atoms with E-state index in [1.165, 1.54) is 7.11 Å². The summed E-state index contributed by atoms with van der Waals surface area (Å²) in [6, 6.07) is 11.1. The fourth-order valence-electron chi connectivity index (χ4n) is 2.40. The van der Waals surface area contributed by atoms with Crippen molar-refractivity contribution in [1.82, 2.24) is 5.32 Å². The average Bonchev–Trinajstić information content (AvgIpc) is 3.00. The molecule has 1 aliphatic rings. The van der Waals surface area contributed by atoms with Crippen LogP contribution in [0.1, 0.15) is 11.1 Å². The Morgan fingerprint density at radius 1 is 1.18 bits per heavy atom. The molecule has 0 unspecified atom stereocenters. The summed E-state index contributed by atoms with van der Waals surface area (Å²) in [5, 5.41) is 3.24. The summed E-state index contributed by atoms with van der Waals surface area (Å²) in [5.74, 6) is 1.54. The Balaban J connectivity index is 1.52. The zero-order chi connectivity index (χ0) is 15.4. The second-order valence-corrected chi connectivity index (χ2v) is 5.05. The maximum Gasteiger partial charge on any atom is 0.231 e. The van der Waals surface area contributed by atoms with Crippen LogP contribution in [0.3, 0.4) is 0 Å². The number of rotatable bonds is 6. The summed E-state index contributed by atoms with van der Waals surface area (Å²) in [6.07, 6.45) is 0.836. The lowest BCUT2D eigenvalue weighted by Gasteiger charge is -2.09. The Kier molecular flexibility index (Phi) is 4.44. The van der Waals surface area contributed by atoms with E-state index in [9.17, 15) is 4.39 Å². The first kappa shape index (κ1) is 14.7. The van der Waals surface area contributed by atoms with Gasteiger partial charge in [0.05, 0.1) is 7.11 Å². The van der Waals surface area contributed by atoms with Gasteiger partial charge in [-0.05, 0) is 36.7 Å². The van der Waals surface area contributed by atoms with Crippen LogP contribution in [-0.4, -0.2) is 20.4 Å². The van der Waals surface area contributed by atoms with E-state index in [-0.39, 0.29) is 18.4 Å². The number of nitrogens with one attached hydrogen (secondary N) is 1. The summed E-state index contributed by atoms with van der Waals surface area (Å²) in [5.41, 5.74) is 1.76. The lowest BCUT2D eigenvalue weighted by atomic mass is 10.1. The van der Waals surface area contributed by atoms with Crippen molar-refractivity contribution in [2.24, 2.45) is 0 Å². The predicted molar refractivity (Wildman–Crippen MR) is 80.9 cm³/mol. The van der Waals surface area contributed by atoms with E-state index in [1.807, 2.05) is 18.2 Å². The van der Waals surface area contributed by atoms with E-state index in [0.29, 0.717) is 12.1 Å². The van der Waals surface area contributed by atoms with Crippen LogP contribution in [0.4, 0.5) is 4.39 Å². The van der Waals surface area contributed by atoms with Crippen LogP contribution < -0.4 is 19.5 Å². The quantitative estimate of drug-likeness (QED) is 0.833. The van der Waals surface area contributed by atoms with E-state index in [1.54, 1.807) is 18.2 Å².